The molecule has 0 aliphatic rings. The Labute approximate surface area is 114 Å². The van der Waals surface area contributed by atoms with Crippen LogP contribution in [0.3, 0.4) is 0 Å². The van der Waals surface area contributed by atoms with Crippen molar-refractivity contribution < 1.29 is 9.35 Å². The van der Waals surface area contributed by atoms with Crippen molar-refractivity contribution in [1.82, 2.24) is 0 Å². The van der Waals surface area contributed by atoms with Crippen LogP contribution in [0.2, 0.25) is 5.02 Å². The molecule has 1 unspecified atom stereocenters. The molecule has 92 valence electrons. The first-order chi connectivity index (χ1) is 8.66. The Morgan fingerprint density at radius 2 is 1.67 bits per heavy atom. The molecule has 0 aliphatic carbocycles. The van der Waals surface area contributed by atoms with E-state index in [4.69, 9.17) is 11.6 Å². The normalized spacial score (nSPS) is 12.1. The third-order valence-electron chi connectivity index (χ3n) is 2.43. The van der Waals surface area contributed by atoms with Crippen molar-refractivity contribution >= 4 is 28.6 Å². The van der Waals surface area contributed by atoms with Gasteiger partial charge in [0.15, 0.2) is 10.6 Å². The number of hydrogen-bond donors (Lipinski definition) is 0. The van der Waals surface area contributed by atoms with Crippen LogP contribution in [0.5, 0.6) is 0 Å². The Hall–Kier alpha value is -1.29. The Morgan fingerprint density at radius 3 is 2.28 bits per heavy atom. The van der Waals surface area contributed by atoms with Crippen molar-refractivity contribution in [2.75, 3.05) is 5.75 Å². The summed E-state index contributed by atoms with van der Waals surface area (Å²) in [5, 5.41) is 0.579. The van der Waals surface area contributed by atoms with Gasteiger partial charge in [-0.15, -0.1) is 0 Å². The number of halogens is 1. The maximum Gasteiger partial charge on any atom is 0.212 e. The van der Waals surface area contributed by atoms with E-state index in [1.165, 1.54) is 0 Å². The average Bonchev–Trinajstić information content (AvgIpc) is 2.40. The van der Waals surface area contributed by atoms with E-state index < -0.39 is 11.2 Å². The van der Waals surface area contributed by atoms with Crippen LogP contribution in [-0.4, -0.2) is 16.1 Å². The van der Waals surface area contributed by atoms with Gasteiger partial charge in [0.25, 0.3) is 0 Å². The van der Waals surface area contributed by atoms with Crippen LogP contribution in [0.4, 0.5) is 0 Å². The van der Waals surface area contributed by atoms with E-state index >= 15 is 0 Å². The highest BCUT2D eigenvalue weighted by Gasteiger charge is 2.17. The average molecular weight is 279 g/mol. The Balaban J connectivity index is 2.06. The topological polar surface area (TPSA) is 40.1 Å². The zero-order valence-electron chi connectivity index (χ0n) is 9.51. The standard InChI is InChI=1S/C14H11ClO2S/c15-12-8-6-11(7-9-12)14(16)10-18(17)13-4-2-1-3-5-13/h1-9H,10H2. The molecule has 0 radical (unpaired) electrons. The Kier molecular flexibility index (Phi) is 4.42. The summed E-state index contributed by atoms with van der Waals surface area (Å²) in [7, 11) is 0. The van der Waals surface area contributed by atoms with Crippen molar-refractivity contribution in [3.05, 3.63) is 65.2 Å². The maximum atomic E-state index is 12.0. The predicted octanol–water partition coefficient (Wildman–Crippen LogP) is 3.33. The summed E-state index contributed by atoms with van der Waals surface area (Å²) >= 11 is 4.44. The highest BCUT2D eigenvalue weighted by molar-refractivity contribution is 7.92. The molecule has 0 aliphatic heterocycles. The van der Waals surface area contributed by atoms with Crippen LogP contribution in [0.25, 0.3) is 0 Å². The molecule has 0 aromatic heterocycles. The molecule has 1 atom stereocenters. The van der Waals surface area contributed by atoms with Crippen molar-refractivity contribution in [2.45, 2.75) is 4.90 Å². The molecular weight excluding hydrogens is 268 g/mol. The van der Waals surface area contributed by atoms with E-state index in [9.17, 15) is 9.35 Å². The highest BCUT2D eigenvalue weighted by atomic mass is 35.5. The third-order valence-corrected chi connectivity index (χ3v) is 4.01. The number of benzene rings is 2. The fraction of sp³-hybridized carbons (Fsp3) is 0.0714. The number of carbonyl (C=O) groups excluding carboxylic acids is 1. The third kappa shape index (κ3) is 3.35. The van der Waals surface area contributed by atoms with Gasteiger partial charge in [-0.05, 0) is 47.6 Å². The van der Waals surface area contributed by atoms with Crippen molar-refractivity contribution in [3.63, 3.8) is 0 Å². The second-order valence-corrected chi connectivity index (χ2v) is 5.62. The second-order valence-electron chi connectivity index (χ2n) is 3.73. The lowest BCUT2D eigenvalue weighted by Crippen LogP contribution is -2.16. The molecule has 0 bridgehead atoms. The Morgan fingerprint density at radius 1 is 1.06 bits per heavy atom. The molecule has 2 aromatic rings. The molecule has 0 spiro atoms. The van der Waals surface area contributed by atoms with Gasteiger partial charge < -0.3 is 4.55 Å². The maximum absolute atomic E-state index is 12.0. The fourth-order valence-electron chi connectivity index (χ4n) is 1.49. The summed E-state index contributed by atoms with van der Waals surface area (Å²) in [6, 6.07) is 15.6. The van der Waals surface area contributed by atoms with Gasteiger partial charge in [0.1, 0.15) is 0 Å². The summed E-state index contributed by atoms with van der Waals surface area (Å²) in [6.45, 7) is 0. The predicted molar refractivity (Wildman–Crippen MR) is 73.5 cm³/mol. The SMILES string of the molecule is O=C(C[S+]([O-])c1ccccc1)c1ccc(Cl)cc1. The lowest BCUT2D eigenvalue weighted by atomic mass is 10.1. The number of Topliss-reactive ketones (excluding diaryl/α,β-unsaturated/α-hetero) is 1. The zero-order valence-corrected chi connectivity index (χ0v) is 11.1. The van der Waals surface area contributed by atoms with Crippen LogP contribution in [-0.2, 0) is 11.2 Å². The first-order valence-corrected chi connectivity index (χ1v) is 7.09. The summed E-state index contributed by atoms with van der Waals surface area (Å²) in [6.07, 6.45) is 0. The molecule has 0 saturated carbocycles. The van der Waals surface area contributed by atoms with Gasteiger partial charge in [-0.3, -0.25) is 4.79 Å². The molecule has 0 saturated heterocycles. The number of carbonyl (C=O) groups is 1. The van der Waals surface area contributed by atoms with Crippen LogP contribution in [0.1, 0.15) is 10.4 Å². The van der Waals surface area contributed by atoms with Crippen molar-refractivity contribution in [3.8, 4) is 0 Å². The quantitative estimate of drug-likeness (QED) is 0.636. The molecule has 0 fully saturated rings. The van der Waals surface area contributed by atoms with Crippen molar-refractivity contribution in [1.29, 1.82) is 0 Å². The largest absolute Gasteiger partial charge is 0.611 e. The lowest BCUT2D eigenvalue weighted by molar-refractivity contribution is 0.102. The minimum Gasteiger partial charge on any atom is -0.611 e. The lowest BCUT2D eigenvalue weighted by Gasteiger charge is -2.09. The first kappa shape index (κ1) is 13.1. The number of rotatable bonds is 4. The van der Waals surface area contributed by atoms with E-state index in [-0.39, 0.29) is 11.5 Å². The van der Waals surface area contributed by atoms with Gasteiger partial charge in [-0.2, -0.15) is 0 Å². The molecule has 4 heteroatoms. The van der Waals surface area contributed by atoms with Gasteiger partial charge in [0, 0.05) is 10.6 Å². The molecule has 0 amide bonds. The minimum atomic E-state index is -1.30. The summed E-state index contributed by atoms with van der Waals surface area (Å²) in [4.78, 5) is 12.6. The molecule has 0 heterocycles. The summed E-state index contributed by atoms with van der Waals surface area (Å²) in [5.41, 5.74) is 0.531. The van der Waals surface area contributed by atoms with Gasteiger partial charge in [-0.25, -0.2) is 0 Å². The smallest absolute Gasteiger partial charge is 0.212 e. The molecule has 0 N–H and O–H groups in total. The van der Waals surface area contributed by atoms with Crippen molar-refractivity contribution in [2.24, 2.45) is 0 Å². The first-order valence-electron chi connectivity index (χ1n) is 5.39. The van der Waals surface area contributed by atoms with Crippen LogP contribution < -0.4 is 0 Å². The number of hydrogen-bond acceptors (Lipinski definition) is 2. The minimum absolute atomic E-state index is 0.00829. The van der Waals surface area contributed by atoms with Gasteiger partial charge in [0.2, 0.25) is 5.78 Å². The summed E-state index contributed by atoms with van der Waals surface area (Å²) < 4.78 is 12.0. The van der Waals surface area contributed by atoms with Gasteiger partial charge in [0.05, 0.1) is 0 Å². The van der Waals surface area contributed by atoms with E-state index in [0.717, 1.165) is 0 Å². The molecule has 2 rings (SSSR count). The highest BCUT2D eigenvalue weighted by Crippen LogP contribution is 2.14. The zero-order chi connectivity index (χ0) is 13.0. The van der Waals surface area contributed by atoms with E-state index in [0.29, 0.717) is 15.5 Å². The molecule has 2 nitrogen and oxygen atoms in total. The second kappa shape index (κ2) is 6.05. The fourth-order valence-corrected chi connectivity index (χ4v) is 2.65. The van der Waals surface area contributed by atoms with E-state index in [1.54, 1.807) is 48.5 Å². The Bertz CT molecular complexity index is 525. The monoisotopic (exact) mass is 278 g/mol. The molecular formula is C14H11ClO2S. The number of ketones is 1. The summed E-state index contributed by atoms with van der Waals surface area (Å²) in [5.74, 6) is -0.153. The molecule has 2 aromatic carbocycles. The van der Waals surface area contributed by atoms with Crippen LogP contribution >= 0.6 is 11.6 Å². The van der Waals surface area contributed by atoms with E-state index in [1.807, 2.05) is 6.07 Å². The molecule has 18 heavy (non-hydrogen) atoms. The van der Waals surface area contributed by atoms with Gasteiger partial charge >= 0.3 is 0 Å². The van der Waals surface area contributed by atoms with Crippen LogP contribution in [0.15, 0.2) is 59.5 Å². The van der Waals surface area contributed by atoms with Gasteiger partial charge in [-0.1, -0.05) is 29.8 Å². The van der Waals surface area contributed by atoms with E-state index in [2.05, 4.69) is 0 Å². The van der Waals surface area contributed by atoms with Crippen LogP contribution in [0, 0.1) is 0 Å².